The summed E-state index contributed by atoms with van der Waals surface area (Å²) < 4.78 is 12.2. The molecular formula is C36H44N6O4. The summed E-state index contributed by atoms with van der Waals surface area (Å²) in [5.74, 6) is 1.64. The van der Waals surface area contributed by atoms with Crippen molar-refractivity contribution in [1.29, 1.82) is 0 Å². The Balaban J connectivity index is 1.23. The van der Waals surface area contributed by atoms with Gasteiger partial charge in [0.05, 0.1) is 23.4 Å². The molecule has 1 aliphatic heterocycles. The molecule has 1 amide bonds. The van der Waals surface area contributed by atoms with E-state index in [1.165, 1.54) is 0 Å². The van der Waals surface area contributed by atoms with E-state index < -0.39 is 5.60 Å². The summed E-state index contributed by atoms with van der Waals surface area (Å²) in [4.78, 5) is 28.3. The standard InChI is InChI=1S/C36H44N6O4/c1-23-16-17-25-26(11-7-14-28(25)40-30-13-5-6-15-31(30)43)32(23)45-33-27(12-8-19-37-33)29-18-20-38-34(41-29)39-24-10-9-21-42(22-24)35(44)46-36(2,3)4/h7-8,11-12,14,16-20,24,30-31,40,43H,5-6,9-10,13,15,21-22H2,1-4H3,(H,38,39,41)/t24-,30?,31+/m0/s1. The summed E-state index contributed by atoms with van der Waals surface area (Å²) in [6, 6.07) is 16.0. The molecule has 4 aromatic rings. The minimum atomic E-state index is -0.541. The molecule has 1 saturated heterocycles. The van der Waals surface area contributed by atoms with E-state index in [2.05, 4.69) is 44.9 Å². The van der Waals surface area contributed by atoms with Gasteiger partial charge in [-0.3, -0.25) is 0 Å². The van der Waals surface area contributed by atoms with Crippen LogP contribution in [0.25, 0.3) is 22.0 Å². The lowest BCUT2D eigenvalue weighted by Crippen LogP contribution is -2.47. The SMILES string of the molecule is Cc1ccc2c(NC3CCCC[C@H]3O)cccc2c1Oc1ncccc1-c1ccnc(N[C@H]2CCCN(C(=O)OC(C)(C)C)C2)n1. The third kappa shape index (κ3) is 7.33. The van der Waals surface area contributed by atoms with E-state index in [1.54, 1.807) is 17.3 Å². The fourth-order valence-corrected chi connectivity index (χ4v) is 6.29. The second-order valence-corrected chi connectivity index (χ2v) is 13.3. The highest BCUT2D eigenvalue weighted by Crippen LogP contribution is 2.39. The van der Waals surface area contributed by atoms with Crippen LogP contribution in [-0.2, 0) is 4.74 Å². The lowest BCUT2D eigenvalue weighted by Gasteiger charge is -2.34. The molecule has 1 saturated carbocycles. The second-order valence-electron chi connectivity index (χ2n) is 13.3. The number of likely N-dealkylation sites (tertiary alicyclic amines) is 1. The Kier molecular flexibility index (Phi) is 9.26. The van der Waals surface area contributed by atoms with Crippen molar-refractivity contribution in [3.05, 3.63) is 66.5 Å². The number of piperidine rings is 1. The molecule has 0 radical (unpaired) electrons. The van der Waals surface area contributed by atoms with Gasteiger partial charge in [-0.2, -0.15) is 0 Å². The molecule has 3 atom stereocenters. The number of ether oxygens (including phenoxy) is 2. The lowest BCUT2D eigenvalue weighted by molar-refractivity contribution is 0.0206. The van der Waals surface area contributed by atoms with E-state index in [-0.39, 0.29) is 24.3 Å². The summed E-state index contributed by atoms with van der Waals surface area (Å²) >= 11 is 0. The van der Waals surface area contributed by atoms with E-state index in [1.807, 2.05) is 52.0 Å². The molecule has 46 heavy (non-hydrogen) atoms. The zero-order chi connectivity index (χ0) is 32.3. The maximum absolute atomic E-state index is 12.7. The molecule has 2 fully saturated rings. The molecule has 1 unspecified atom stereocenters. The largest absolute Gasteiger partial charge is 0.444 e. The van der Waals surface area contributed by atoms with E-state index in [9.17, 15) is 9.90 Å². The molecule has 2 aliphatic rings. The van der Waals surface area contributed by atoms with Crippen LogP contribution in [-0.4, -0.2) is 67.9 Å². The molecule has 6 rings (SSSR count). The average Bonchev–Trinajstić information content (AvgIpc) is 3.03. The Morgan fingerprint density at radius 3 is 2.61 bits per heavy atom. The van der Waals surface area contributed by atoms with Crippen molar-refractivity contribution in [1.82, 2.24) is 19.9 Å². The third-order valence-corrected chi connectivity index (χ3v) is 8.59. The maximum Gasteiger partial charge on any atom is 0.410 e. The van der Waals surface area contributed by atoms with Gasteiger partial charge in [-0.05, 0) is 83.2 Å². The minimum Gasteiger partial charge on any atom is -0.444 e. The number of pyridine rings is 1. The van der Waals surface area contributed by atoms with Crippen molar-refractivity contribution in [2.75, 3.05) is 23.7 Å². The number of aryl methyl sites for hydroxylation is 1. The fraction of sp³-hybridized carbons (Fsp3) is 0.444. The topological polar surface area (TPSA) is 122 Å². The predicted molar refractivity (Wildman–Crippen MR) is 180 cm³/mol. The van der Waals surface area contributed by atoms with E-state index in [0.29, 0.717) is 30.6 Å². The average molecular weight is 625 g/mol. The van der Waals surface area contributed by atoms with Gasteiger partial charge in [-0.1, -0.05) is 37.1 Å². The fourth-order valence-electron chi connectivity index (χ4n) is 6.29. The van der Waals surface area contributed by atoms with Gasteiger partial charge in [-0.15, -0.1) is 0 Å². The number of rotatable bonds is 7. The Bertz CT molecular complexity index is 1690. The third-order valence-electron chi connectivity index (χ3n) is 8.59. The van der Waals surface area contributed by atoms with Gasteiger partial charge >= 0.3 is 6.09 Å². The highest BCUT2D eigenvalue weighted by Gasteiger charge is 2.28. The summed E-state index contributed by atoms with van der Waals surface area (Å²) in [5, 5.41) is 19.6. The van der Waals surface area contributed by atoms with Crippen LogP contribution in [0.2, 0.25) is 0 Å². The molecule has 3 N–H and O–H groups in total. The summed E-state index contributed by atoms with van der Waals surface area (Å²) in [6.07, 6.45) is 8.48. The molecule has 2 aromatic heterocycles. The summed E-state index contributed by atoms with van der Waals surface area (Å²) in [5.41, 5.74) is 2.83. The second kappa shape index (κ2) is 13.5. The zero-order valence-corrected chi connectivity index (χ0v) is 27.1. The van der Waals surface area contributed by atoms with Crippen LogP contribution in [0, 0.1) is 6.92 Å². The number of aromatic nitrogens is 3. The number of amides is 1. The normalized spacial score (nSPS) is 20.3. The molecule has 10 nitrogen and oxygen atoms in total. The summed E-state index contributed by atoms with van der Waals surface area (Å²) in [7, 11) is 0. The number of fused-ring (bicyclic) bond motifs is 1. The number of anilines is 2. The number of carbonyl (C=O) groups excluding carboxylic acids is 1. The first kappa shape index (κ1) is 31.5. The Morgan fingerprint density at radius 2 is 1.78 bits per heavy atom. The molecule has 10 heteroatoms. The first-order chi connectivity index (χ1) is 22.1. The molecular weight excluding hydrogens is 580 g/mol. The molecule has 1 aliphatic carbocycles. The Hall–Kier alpha value is -4.44. The van der Waals surface area contributed by atoms with E-state index in [0.717, 1.165) is 71.9 Å². The molecule has 2 aromatic carbocycles. The van der Waals surface area contributed by atoms with Crippen LogP contribution in [0.1, 0.15) is 64.9 Å². The first-order valence-electron chi connectivity index (χ1n) is 16.3. The van der Waals surface area contributed by atoms with Crippen molar-refractivity contribution in [3.63, 3.8) is 0 Å². The van der Waals surface area contributed by atoms with Gasteiger partial charge in [0, 0.05) is 48.0 Å². The monoisotopic (exact) mass is 624 g/mol. The minimum absolute atomic E-state index is 0.00278. The van der Waals surface area contributed by atoms with Gasteiger partial charge in [0.1, 0.15) is 11.4 Å². The number of aliphatic hydroxyl groups is 1. The number of benzene rings is 2. The lowest BCUT2D eigenvalue weighted by atomic mass is 9.92. The van der Waals surface area contributed by atoms with Gasteiger partial charge in [0.25, 0.3) is 0 Å². The predicted octanol–water partition coefficient (Wildman–Crippen LogP) is 7.32. The zero-order valence-electron chi connectivity index (χ0n) is 27.1. The molecule has 0 bridgehead atoms. The van der Waals surface area contributed by atoms with Crippen LogP contribution in [0.15, 0.2) is 60.9 Å². The van der Waals surface area contributed by atoms with E-state index in [4.69, 9.17) is 14.5 Å². The van der Waals surface area contributed by atoms with Crippen molar-refractivity contribution >= 4 is 28.5 Å². The number of nitrogens with one attached hydrogen (secondary N) is 2. The molecule has 242 valence electrons. The van der Waals surface area contributed by atoms with Crippen LogP contribution in [0.3, 0.4) is 0 Å². The van der Waals surface area contributed by atoms with Crippen LogP contribution >= 0.6 is 0 Å². The van der Waals surface area contributed by atoms with Crippen molar-refractivity contribution in [3.8, 4) is 22.9 Å². The maximum atomic E-state index is 12.7. The Morgan fingerprint density at radius 1 is 0.935 bits per heavy atom. The van der Waals surface area contributed by atoms with Crippen molar-refractivity contribution in [2.45, 2.75) is 90.0 Å². The molecule has 0 spiro atoms. The number of aliphatic hydroxyl groups excluding tert-OH is 1. The van der Waals surface area contributed by atoms with Gasteiger partial charge in [0.2, 0.25) is 11.8 Å². The van der Waals surface area contributed by atoms with E-state index >= 15 is 0 Å². The number of hydrogen-bond donors (Lipinski definition) is 3. The van der Waals surface area contributed by atoms with Gasteiger partial charge in [0.15, 0.2) is 0 Å². The summed E-state index contributed by atoms with van der Waals surface area (Å²) in [6.45, 7) is 8.83. The van der Waals surface area contributed by atoms with Crippen LogP contribution in [0.4, 0.5) is 16.4 Å². The first-order valence-corrected chi connectivity index (χ1v) is 16.3. The quantitative estimate of drug-likeness (QED) is 0.194. The smallest absolute Gasteiger partial charge is 0.410 e. The number of nitrogens with zero attached hydrogens (tertiary/aromatic N) is 4. The van der Waals surface area contributed by atoms with Crippen molar-refractivity contribution in [2.24, 2.45) is 0 Å². The number of hydrogen-bond acceptors (Lipinski definition) is 9. The van der Waals surface area contributed by atoms with Crippen LogP contribution in [0.5, 0.6) is 11.6 Å². The molecule has 3 heterocycles. The van der Waals surface area contributed by atoms with Gasteiger partial charge in [-0.25, -0.2) is 19.7 Å². The highest BCUT2D eigenvalue weighted by molar-refractivity contribution is 5.98. The van der Waals surface area contributed by atoms with Crippen LogP contribution < -0.4 is 15.4 Å². The Labute approximate surface area is 270 Å². The number of carbonyl (C=O) groups is 1. The van der Waals surface area contributed by atoms with Gasteiger partial charge < -0.3 is 30.1 Å². The van der Waals surface area contributed by atoms with Crippen molar-refractivity contribution < 1.29 is 19.4 Å². The highest BCUT2D eigenvalue weighted by atomic mass is 16.6.